The zero-order valence-electron chi connectivity index (χ0n) is 11.8. The van der Waals surface area contributed by atoms with Gasteiger partial charge in [-0.2, -0.15) is 5.26 Å². The summed E-state index contributed by atoms with van der Waals surface area (Å²) in [5.74, 6) is 0. The highest BCUT2D eigenvalue weighted by Gasteiger charge is 2.07. The van der Waals surface area contributed by atoms with Crippen LogP contribution in [-0.4, -0.2) is 15.0 Å². The molecule has 0 radical (unpaired) electrons. The van der Waals surface area contributed by atoms with Gasteiger partial charge in [0.25, 0.3) is 0 Å². The predicted octanol–water partition coefficient (Wildman–Crippen LogP) is 1.44. The minimum absolute atomic E-state index is 0.0921. The summed E-state index contributed by atoms with van der Waals surface area (Å²) in [6, 6.07) is 13.6. The molecule has 0 saturated heterocycles. The highest BCUT2D eigenvalue weighted by Crippen LogP contribution is 2.18. The highest BCUT2D eigenvalue weighted by molar-refractivity contribution is 7.89. The van der Waals surface area contributed by atoms with Crippen LogP contribution in [0.15, 0.2) is 47.4 Å². The minimum Gasteiger partial charge on any atom is -0.399 e. The zero-order valence-corrected chi connectivity index (χ0v) is 12.6. The number of primary sulfonamides is 1. The number of nitrogens with zero attached hydrogens (tertiary/aromatic N) is 1. The third kappa shape index (κ3) is 3.97. The Morgan fingerprint density at radius 1 is 1.14 bits per heavy atom. The second-order valence-electron chi connectivity index (χ2n) is 4.78. The van der Waals surface area contributed by atoms with Gasteiger partial charge in [-0.05, 0) is 42.3 Å². The molecule has 2 aromatic carbocycles. The van der Waals surface area contributed by atoms with Crippen molar-refractivity contribution in [2.45, 2.75) is 11.3 Å². The standard InChI is InChI=1S/C15H16N4O2S/c16-10-12-9-13(17)3-6-15(12)19-8-7-11-1-4-14(5-2-11)22(18,20)21/h1-6,9,19H,7-8,17H2,(H2,18,20,21). The lowest BCUT2D eigenvalue weighted by molar-refractivity contribution is 0.598. The molecule has 0 bridgehead atoms. The van der Waals surface area contributed by atoms with Crippen LogP contribution in [-0.2, 0) is 16.4 Å². The summed E-state index contributed by atoms with van der Waals surface area (Å²) in [4.78, 5) is 0.0921. The van der Waals surface area contributed by atoms with Crippen LogP contribution in [0, 0.1) is 11.3 Å². The molecule has 0 aliphatic heterocycles. The van der Waals surface area contributed by atoms with Gasteiger partial charge in [-0.25, -0.2) is 13.6 Å². The van der Waals surface area contributed by atoms with E-state index in [0.717, 1.165) is 11.3 Å². The van der Waals surface area contributed by atoms with E-state index in [1.807, 2.05) is 0 Å². The molecule has 0 atom stereocenters. The number of nitrogen functional groups attached to an aromatic ring is 1. The Hall–Kier alpha value is -2.56. The van der Waals surface area contributed by atoms with Crippen LogP contribution in [0.2, 0.25) is 0 Å². The van der Waals surface area contributed by atoms with Gasteiger partial charge >= 0.3 is 0 Å². The number of benzene rings is 2. The van der Waals surface area contributed by atoms with Crippen LogP contribution in [0.1, 0.15) is 11.1 Å². The first kappa shape index (κ1) is 15.8. The van der Waals surface area contributed by atoms with E-state index in [9.17, 15) is 8.42 Å². The summed E-state index contributed by atoms with van der Waals surface area (Å²) in [5.41, 5.74) is 8.35. The summed E-state index contributed by atoms with van der Waals surface area (Å²) >= 11 is 0. The monoisotopic (exact) mass is 316 g/mol. The van der Waals surface area contributed by atoms with Gasteiger partial charge < -0.3 is 11.1 Å². The summed E-state index contributed by atoms with van der Waals surface area (Å²) in [7, 11) is -3.66. The van der Waals surface area contributed by atoms with Crippen molar-refractivity contribution < 1.29 is 8.42 Å². The van der Waals surface area contributed by atoms with E-state index in [-0.39, 0.29) is 4.90 Å². The first-order chi connectivity index (χ1) is 10.4. The van der Waals surface area contributed by atoms with Crippen LogP contribution < -0.4 is 16.2 Å². The molecule has 6 nitrogen and oxygen atoms in total. The van der Waals surface area contributed by atoms with E-state index in [1.165, 1.54) is 12.1 Å². The van der Waals surface area contributed by atoms with Crippen LogP contribution >= 0.6 is 0 Å². The van der Waals surface area contributed by atoms with Crippen LogP contribution in [0.3, 0.4) is 0 Å². The molecule has 0 fully saturated rings. The average molecular weight is 316 g/mol. The Morgan fingerprint density at radius 2 is 1.82 bits per heavy atom. The molecule has 0 saturated carbocycles. The van der Waals surface area contributed by atoms with Crippen molar-refractivity contribution in [1.82, 2.24) is 0 Å². The molecule has 0 aliphatic rings. The number of anilines is 2. The molecule has 0 spiro atoms. The van der Waals surface area contributed by atoms with Crippen molar-refractivity contribution in [2.75, 3.05) is 17.6 Å². The smallest absolute Gasteiger partial charge is 0.238 e. The fraction of sp³-hybridized carbons (Fsp3) is 0.133. The lowest BCUT2D eigenvalue weighted by Gasteiger charge is -2.09. The number of hydrogen-bond donors (Lipinski definition) is 3. The second-order valence-corrected chi connectivity index (χ2v) is 6.34. The van der Waals surface area contributed by atoms with Crippen molar-refractivity contribution in [3.63, 3.8) is 0 Å². The quantitative estimate of drug-likeness (QED) is 0.720. The lowest BCUT2D eigenvalue weighted by atomic mass is 10.1. The molecule has 2 aromatic rings. The average Bonchev–Trinajstić information content (AvgIpc) is 2.48. The molecule has 114 valence electrons. The maximum absolute atomic E-state index is 11.2. The van der Waals surface area contributed by atoms with E-state index in [0.29, 0.717) is 24.2 Å². The van der Waals surface area contributed by atoms with Gasteiger partial charge in [0.2, 0.25) is 10.0 Å². The Bertz CT molecular complexity index is 808. The maximum atomic E-state index is 11.2. The van der Waals surface area contributed by atoms with E-state index < -0.39 is 10.0 Å². The van der Waals surface area contributed by atoms with Gasteiger partial charge in [0.1, 0.15) is 6.07 Å². The number of sulfonamides is 1. The Labute approximate surface area is 129 Å². The molecule has 0 unspecified atom stereocenters. The Kier molecular flexibility index (Phi) is 4.65. The summed E-state index contributed by atoms with van der Waals surface area (Å²) in [6.45, 7) is 0.604. The van der Waals surface area contributed by atoms with Crippen molar-refractivity contribution in [1.29, 1.82) is 5.26 Å². The lowest BCUT2D eigenvalue weighted by Crippen LogP contribution is -2.12. The number of hydrogen-bond acceptors (Lipinski definition) is 5. The summed E-state index contributed by atoms with van der Waals surface area (Å²) in [5, 5.41) is 17.3. The van der Waals surface area contributed by atoms with Crippen LogP contribution in [0.5, 0.6) is 0 Å². The largest absolute Gasteiger partial charge is 0.399 e. The van der Waals surface area contributed by atoms with Gasteiger partial charge in [0.05, 0.1) is 16.1 Å². The van der Waals surface area contributed by atoms with E-state index >= 15 is 0 Å². The van der Waals surface area contributed by atoms with Gasteiger partial charge in [-0.15, -0.1) is 0 Å². The molecule has 2 rings (SSSR count). The summed E-state index contributed by atoms with van der Waals surface area (Å²) in [6.07, 6.45) is 0.681. The van der Waals surface area contributed by atoms with Gasteiger partial charge in [0.15, 0.2) is 0 Å². The van der Waals surface area contributed by atoms with Crippen LogP contribution in [0.4, 0.5) is 11.4 Å². The Morgan fingerprint density at radius 3 is 2.41 bits per heavy atom. The molecule has 7 heteroatoms. The maximum Gasteiger partial charge on any atom is 0.238 e. The molecule has 0 heterocycles. The van der Waals surface area contributed by atoms with Crippen molar-refractivity contribution in [2.24, 2.45) is 5.14 Å². The molecule has 22 heavy (non-hydrogen) atoms. The van der Waals surface area contributed by atoms with Crippen molar-refractivity contribution in [3.05, 3.63) is 53.6 Å². The molecule has 0 aromatic heterocycles. The Balaban J connectivity index is 1.99. The molecular weight excluding hydrogens is 300 g/mol. The summed E-state index contributed by atoms with van der Waals surface area (Å²) < 4.78 is 22.3. The topological polar surface area (TPSA) is 122 Å². The molecular formula is C15H16N4O2S. The number of nitrogens with one attached hydrogen (secondary N) is 1. The van der Waals surface area contributed by atoms with Crippen molar-refractivity contribution >= 4 is 21.4 Å². The number of nitrogens with two attached hydrogens (primary N) is 2. The van der Waals surface area contributed by atoms with Crippen molar-refractivity contribution in [3.8, 4) is 6.07 Å². The fourth-order valence-corrected chi connectivity index (χ4v) is 2.51. The van der Waals surface area contributed by atoms with E-state index in [1.54, 1.807) is 30.3 Å². The van der Waals surface area contributed by atoms with E-state index in [2.05, 4.69) is 11.4 Å². The van der Waals surface area contributed by atoms with Crippen LogP contribution in [0.25, 0.3) is 0 Å². The van der Waals surface area contributed by atoms with E-state index in [4.69, 9.17) is 16.1 Å². The minimum atomic E-state index is -3.66. The number of rotatable bonds is 5. The van der Waals surface area contributed by atoms with Gasteiger partial charge in [0, 0.05) is 12.2 Å². The molecule has 0 aliphatic carbocycles. The molecule has 5 N–H and O–H groups in total. The normalized spacial score (nSPS) is 10.9. The third-order valence-corrected chi connectivity index (χ3v) is 4.07. The zero-order chi connectivity index (χ0) is 16.2. The highest BCUT2D eigenvalue weighted by atomic mass is 32.2. The first-order valence-electron chi connectivity index (χ1n) is 6.55. The van der Waals surface area contributed by atoms with Gasteiger partial charge in [-0.1, -0.05) is 12.1 Å². The van der Waals surface area contributed by atoms with Gasteiger partial charge in [-0.3, -0.25) is 0 Å². The first-order valence-corrected chi connectivity index (χ1v) is 8.10. The predicted molar refractivity (Wildman–Crippen MR) is 85.6 cm³/mol. The third-order valence-electron chi connectivity index (χ3n) is 3.15. The second kappa shape index (κ2) is 6.47. The number of nitriles is 1. The fourth-order valence-electron chi connectivity index (χ4n) is 2.00. The molecule has 0 amide bonds. The SMILES string of the molecule is N#Cc1cc(N)ccc1NCCc1ccc(S(N)(=O)=O)cc1.